The fraction of sp³-hybridized carbons (Fsp3) is 0.400. The zero-order chi connectivity index (χ0) is 12.1. The smallest absolute Gasteiger partial charge is 0.310 e. The number of ether oxygens (including phenoxy) is 1. The second kappa shape index (κ2) is 5.39. The number of aromatic nitrogens is 1. The lowest BCUT2D eigenvalue weighted by Gasteiger charge is -2.06. The minimum atomic E-state index is -2.67. The number of nitrogens with zero attached hydrogens (tertiary/aromatic N) is 1. The van der Waals surface area contributed by atoms with Crippen LogP contribution >= 0.6 is 0 Å². The molecule has 0 amide bonds. The van der Waals surface area contributed by atoms with Gasteiger partial charge in [-0.25, -0.2) is 13.8 Å². The molecule has 0 radical (unpaired) electrons. The first-order chi connectivity index (χ1) is 7.54. The van der Waals surface area contributed by atoms with E-state index in [0.717, 1.165) is 6.07 Å². The number of halogens is 2. The van der Waals surface area contributed by atoms with Gasteiger partial charge in [-0.1, -0.05) is 6.07 Å². The van der Waals surface area contributed by atoms with Gasteiger partial charge in [-0.3, -0.25) is 4.79 Å². The normalized spacial score (nSPS) is 10.5. The lowest BCUT2D eigenvalue weighted by atomic mass is 10.1. The molecule has 4 nitrogen and oxygen atoms in total. The number of carbonyl (C=O) groups is 1. The minimum absolute atomic E-state index is 0.0593. The van der Waals surface area contributed by atoms with Crippen molar-refractivity contribution in [3.8, 4) is 0 Å². The van der Waals surface area contributed by atoms with Crippen LogP contribution in [-0.4, -0.2) is 17.6 Å². The van der Waals surface area contributed by atoms with Crippen molar-refractivity contribution in [1.82, 2.24) is 4.98 Å². The highest BCUT2D eigenvalue weighted by Gasteiger charge is 2.13. The Hall–Kier alpha value is -1.72. The summed E-state index contributed by atoms with van der Waals surface area (Å²) in [5.74, 6) is -0.522. The molecule has 0 aliphatic rings. The van der Waals surface area contributed by atoms with Crippen LogP contribution in [0.5, 0.6) is 0 Å². The molecule has 0 saturated heterocycles. The number of pyridine rings is 1. The second-order valence-corrected chi connectivity index (χ2v) is 3.06. The summed E-state index contributed by atoms with van der Waals surface area (Å²) in [4.78, 5) is 14.6. The maximum absolute atomic E-state index is 12.3. The summed E-state index contributed by atoms with van der Waals surface area (Å²) in [7, 11) is 0. The highest BCUT2D eigenvalue weighted by atomic mass is 19.3. The van der Waals surface area contributed by atoms with Crippen molar-refractivity contribution in [3.63, 3.8) is 0 Å². The molecule has 88 valence electrons. The van der Waals surface area contributed by atoms with Gasteiger partial charge in [0.25, 0.3) is 6.43 Å². The lowest BCUT2D eigenvalue weighted by Crippen LogP contribution is -2.10. The van der Waals surface area contributed by atoms with Gasteiger partial charge in [-0.2, -0.15) is 0 Å². The molecule has 1 aromatic rings. The van der Waals surface area contributed by atoms with Gasteiger partial charge in [0, 0.05) is 5.56 Å². The molecule has 0 fully saturated rings. The summed E-state index contributed by atoms with van der Waals surface area (Å²) < 4.78 is 29.2. The highest BCUT2D eigenvalue weighted by molar-refractivity contribution is 5.74. The van der Waals surface area contributed by atoms with Crippen molar-refractivity contribution < 1.29 is 18.3 Å². The lowest BCUT2D eigenvalue weighted by molar-refractivity contribution is -0.142. The molecule has 1 rings (SSSR count). The summed E-state index contributed by atoms with van der Waals surface area (Å²) in [5, 5.41) is 0. The second-order valence-electron chi connectivity index (χ2n) is 3.06. The molecule has 0 unspecified atom stereocenters. The maximum atomic E-state index is 12.3. The first kappa shape index (κ1) is 12.4. The zero-order valence-electron chi connectivity index (χ0n) is 8.74. The molecule has 1 aromatic heterocycles. The molecule has 0 saturated carbocycles. The third-order valence-electron chi connectivity index (χ3n) is 1.90. The number of hydrogen-bond acceptors (Lipinski definition) is 4. The Morgan fingerprint density at radius 1 is 1.56 bits per heavy atom. The molecule has 2 N–H and O–H groups in total. The SMILES string of the molecule is CCOC(=O)Cc1ccc(C(F)F)nc1N. The fourth-order valence-corrected chi connectivity index (χ4v) is 1.16. The number of nitrogens with two attached hydrogens (primary N) is 1. The van der Waals surface area contributed by atoms with Gasteiger partial charge in [-0.15, -0.1) is 0 Å². The molecular formula is C10H12F2N2O2. The van der Waals surface area contributed by atoms with Crippen LogP contribution in [0.3, 0.4) is 0 Å². The van der Waals surface area contributed by atoms with Crippen molar-refractivity contribution >= 4 is 11.8 Å². The van der Waals surface area contributed by atoms with Crippen molar-refractivity contribution in [2.45, 2.75) is 19.8 Å². The van der Waals surface area contributed by atoms with Gasteiger partial charge in [0.15, 0.2) is 0 Å². The van der Waals surface area contributed by atoms with Crippen LogP contribution < -0.4 is 5.73 Å². The summed E-state index contributed by atoms with van der Waals surface area (Å²) in [6, 6.07) is 2.51. The number of hydrogen-bond donors (Lipinski definition) is 1. The largest absolute Gasteiger partial charge is 0.466 e. The van der Waals surface area contributed by atoms with E-state index < -0.39 is 18.1 Å². The number of carbonyl (C=O) groups excluding carboxylic acids is 1. The van der Waals surface area contributed by atoms with Crippen LogP contribution in [0.2, 0.25) is 0 Å². The molecular weight excluding hydrogens is 218 g/mol. The first-order valence-corrected chi connectivity index (χ1v) is 4.73. The van der Waals surface area contributed by atoms with Crippen LogP contribution in [0.1, 0.15) is 24.6 Å². The van der Waals surface area contributed by atoms with Gasteiger partial charge < -0.3 is 10.5 Å². The Labute approximate surface area is 91.4 Å². The Kier molecular flexibility index (Phi) is 4.16. The van der Waals surface area contributed by atoms with E-state index in [0.29, 0.717) is 5.56 Å². The average molecular weight is 230 g/mol. The van der Waals surface area contributed by atoms with E-state index in [1.807, 2.05) is 0 Å². The van der Waals surface area contributed by atoms with Crippen LogP contribution in [0, 0.1) is 0 Å². The van der Waals surface area contributed by atoms with E-state index in [-0.39, 0.29) is 18.8 Å². The number of nitrogen functional groups attached to an aromatic ring is 1. The summed E-state index contributed by atoms with van der Waals surface area (Å²) in [6.07, 6.45) is -2.73. The van der Waals surface area contributed by atoms with E-state index in [1.54, 1.807) is 6.92 Å². The van der Waals surface area contributed by atoms with Crippen molar-refractivity contribution in [2.75, 3.05) is 12.3 Å². The first-order valence-electron chi connectivity index (χ1n) is 4.73. The Morgan fingerprint density at radius 2 is 2.25 bits per heavy atom. The van der Waals surface area contributed by atoms with E-state index in [9.17, 15) is 13.6 Å². The standard InChI is InChI=1S/C10H12F2N2O2/c1-2-16-8(15)5-6-3-4-7(9(11)12)14-10(6)13/h3-4,9H,2,5H2,1H3,(H2,13,14). The summed E-state index contributed by atoms with van der Waals surface area (Å²) >= 11 is 0. The third-order valence-corrected chi connectivity index (χ3v) is 1.90. The molecule has 0 aliphatic heterocycles. The van der Waals surface area contributed by atoms with Gasteiger partial charge in [0.1, 0.15) is 11.5 Å². The molecule has 0 bridgehead atoms. The Morgan fingerprint density at radius 3 is 2.75 bits per heavy atom. The van der Waals surface area contributed by atoms with Crippen LogP contribution in [0.4, 0.5) is 14.6 Å². The van der Waals surface area contributed by atoms with Crippen LogP contribution in [0.25, 0.3) is 0 Å². The monoisotopic (exact) mass is 230 g/mol. The molecule has 0 atom stereocenters. The molecule has 0 spiro atoms. The van der Waals surface area contributed by atoms with Crippen LogP contribution in [0.15, 0.2) is 12.1 Å². The fourth-order valence-electron chi connectivity index (χ4n) is 1.16. The van der Waals surface area contributed by atoms with Crippen molar-refractivity contribution in [1.29, 1.82) is 0 Å². The number of alkyl halides is 2. The predicted molar refractivity (Wildman–Crippen MR) is 53.9 cm³/mol. The Balaban J connectivity index is 2.79. The Bertz CT molecular complexity index is 383. The average Bonchev–Trinajstić information content (AvgIpc) is 2.21. The topological polar surface area (TPSA) is 65.2 Å². The minimum Gasteiger partial charge on any atom is -0.466 e. The van der Waals surface area contributed by atoms with Crippen molar-refractivity contribution in [3.05, 3.63) is 23.4 Å². The predicted octanol–water partition coefficient (Wildman–Crippen LogP) is 1.71. The third kappa shape index (κ3) is 3.15. The van der Waals surface area contributed by atoms with E-state index in [4.69, 9.17) is 10.5 Å². The van der Waals surface area contributed by atoms with E-state index in [1.165, 1.54) is 6.07 Å². The molecule has 16 heavy (non-hydrogen) atoms. The molecule has 0 aromatic carbocycles. The van der Waals surface area contributed by atoms with Gasteiger partial charge in [0.2, 0.25) is 0 Å². The summed E-state index contributed by atoms with van der Waals surface area (Å²) in [5.41, 5.74) is 5.44. The highest BCUT2D eigenvalue weighted by Crippen LogP contribution is 2.19. The maximum Gasteiger partial charge on any atom is 0.310 e. The number of esters is 1. The van der Waals surface area contributed by atoms with Gasteiger partial charge >= 0.3 is 5.97 Å². The number of anilines is 1. The molecule has 0 aliphatic carbocycles. The van der Waals surface area contributed by atoms with Gasteiger partial charge in [-0.05, 0) is 13.0 Å². The van der Waals surface area contributed by atoms with Gasteiger partial charge in [0.05, 0.1) is 13.0 Å². The summed E-state index contributed by atoms with van der Waals surface area (Å²) in [6.45, 7) is 1.95. The van der Waals surface area contributed by atoms with Crippen molar-refractivity contribution in [2.24, 2.45) is 0 Å². The van der Waals surface area contributed by atoms with E-state index in [2.05, 4.69) is 4.98 Å². The van der Waals surface area contributed by atoms with E-state index >= 15 is 0 Å². The van der Waals surface area contributed by atoms with Crippen LogP contribution in [-0.2, 0) is 16.0 Å². The number of rotatable bonds is 4. The molecule has 1 heterocycles. The quantitative estimate of drug-likeness (QED) is 0.799. The zero-order valence-corrected chi connectivity index (χ0v) is 8.74. The molecule has 6 heteroatoms.